The third-order valence-corrected chi connectivity index (χ3v) is 4.65. The van der Waals surface area contributed by atoms with Crippen molar-refractivity contribution >= 4 is 17.4 Å². The molecule has 1 aromatic carbocycles. The van der Waals surface area contributed by atoms with Crippen LogP contribution in [-0.4, -0.2) is 58.6 Å². The molecule has 1 aromatic heterocycles. The van der Waals surface area contributed by atoms with E-state index in [9.17, 15) is 4.79 Å². The Bertz CT molecular complexity index is 736. The molecule has 0 spiro atoms. The van der Waals surface area contributed by atoms with Crippen molar-refractivity contribution in [2.24, 2.45) is 0 Å². The van der Waals surface area contributed by atoms with E-state index >= 15 is 0 Å². The highest BCUT2D eigenvalue weighted by molar-refractivity contribution is 5.92. The smallest absolute Gasteiger partial charge is 0.274 e. The van der Waals surface area contributed by atoms with Gasteiger partial charge in [-0.25, -0.2) is 0 Å². The molecular formula is C19H25N5O. The fourth-order valence-corrected chi connectivity index (χ4v) is 2.95. The average Bonchev–Trinajstić information content (AvgIpc) is 2.65. The van der Waals surface area contributed by atoms with Crippen LogP contribution in [0.1, 0.15) is 28.5 Å². The molecule has 1 amide bonds. The van der Waals surface area contributed by atoms with Crippen LogP contribution in [0, 0.1) is 13.8 Å². The molecule has 25 heavy (non-hydrogen) atoms. The summed E-state index contributed by atoms with van der Waals surface area (Å²) in [5.74, 6) is 0.600. The first kappa shape index (κ1) is 17.4. The Morgan fingerprint density at radius 1 is 1.08 bits per heavy atom. The molecule has 0 saturated carbocycles. The lowest BCUT2D eigenvalue weighted by atomic mass is 10.1. The Morgan fingerprint density at radius 3 is 2.48 bits per heavy atom. The number of aromatic nitrogens is 2. The Labute approximate surface area is 148 Å². The highest BCUT2D eigenvalue weighted by Crippen LogP contribution is 2.20. The predicted molar refractivity (Wildman–Crippen MR) is 99.2 cm³/mol. The molecular weight excluding hydrogens is 314 g/mol. The van der Waals surface area contributed by atoms with Gasteiger partial charge in [-0.05, 0) is 49.7 Å². The first-order valence-corrected chi connectivity index (χ1v) is 8.76. The zero-order valence-corrected chi connectivity index (χ0v) is 15.1. The van der Waals surface area contributed by atoms with E-state index in [2.05, 4.69) is 52.5 Å². The van der Waals surface area contributed by atoms with Gasteiger partial charge in [-0.1, -0.05) is 19.1 Å². The van der Waals surface area contributed by atoms with Gasteiger partial charge in [-0.3, -0.25) is 4.79 Å². The molecule has 3 rings (SSSR count). The quantitative estimate of drug-likeness (QED) is 0.928. The van der Waals surface area contributed by atoms with E-state index in [0.717, 1.165) is 44.0 Å². The van der Waals surface area contributed by atoms with E-state index in [0.29, 0.717) is 11.5 Å². The zero-order valence-electron chi connectivity index (χ0n) is 15.1. The standard InChI is InChI=1S/C19H25N5O/c1-4-23-9-11-24(12-10-23)19(25)16-7-8-18(22-21-16)20-17-13-14(2)5-6-15(17)3/h5-8,13H,4,9-12H2,1-3H3,(H,20,22). The highest BCUT2D eigenvalue weighted by Gasteiger charge is 2.22. The van der Waals surface area contributed by atoms with Gasteiger partial charge in [0.25, 0.3) is 5.91 Å². The SMILES string of the molecule is CCN1CCN(C(=O)c2ccc(Nc3cc(C)ccc3C)nn2)CC1. The summed E-state index contributed by atoms with van der Waals surface area (Å²) in [6.45, 7) is 10.6. The third-order valence-electron chi connectivity index (χ3n) is 4.65. The summed E-state index contributed by atoms with van der Waals surface area (Å²) in [6, 6.07) is 9.77. The molecule has 0 aliphatic carbocycles. The van der Waals surface area contributed by atoms with Gasteiger partial charge >= 0.3 is 0 Å². The van der Waals surface area contributed by atoms with Gasteiger partial charge in [0, 0.05) is 31.9 Å². The van der Waals surface area contributed by atoms with Gasteiger partial charge in [0.15, 0.2) is 11.5 Å². The number of hydrogen-bond acceptors (Lipinski definition) is 5. The van der Waals surface area contributed by atoms with E-state index in [1.165, 1.54) is 5.56 Å². The van der Waals surface area contributed by atoms with Gasteiger partial charge in [0.1, 0.15) is 0 Å². The number of nitrogens with one attached hydrogen (secondary N) is 1. The molecule has 132 valence electrons. The highest BCUT2D eigenvalue weighted by atomic mass is 16.2. The van der Waals surface area contributed by atoms with Crippen molar-refractivity contribution in [1.29, 1.82) is 0 Å². The number of anilines is 2. The molecule has 0 radical (unpaired) electrons. The summed E-state index contributed by atoms with van der Waals surface area (Å²) in [6.07, 6.45) is 0. The van der Waals surface area contributed by atoms with E-state index in [-0.39, 0.29) is 5.91 Å². The minimum Gasteiger partial charge on any atom is -0.339 e. The summed E-state index contributed by atoms with van der Waals surface area (Å²) in [7, 11) is 0. The average molecular weight is 339 g/mol. The zero-order chi connectivity index (χ0) is 17.8. The molecule has 2 heterocycles. The minimum absolute atomic E-state index is 0.0402. The number of benzene rings is 1. The van der Waals surface area contributed by atoms with Gasteiger partial charge in [0.05, 0.1) is 0 Å². The van der Waals surface area contributed by atoms with Crippen molar-refractivity contribution in [3.8, 4) is 0 Å². The number of carbonyl (C=O) groups is 1. The Morgan fingerprint density at radius 2 is 1.84 bits per heavy atom. The normalized spacial score (nSPS) is 15.2. The van der Waals surface area contributed by atoms with Crippen molar-refractivity contribution < 1.29 is 4.79 Å². The molecule has 2 aromatic rings. The molecule has 1 N–H and O–H groups in total. The predicted octanol–water partition coefficient (Wildman–Crippen LogP) is 2.61. The van der Waals surface area contributed by atoms with Crippen molar-refractivity contribution in [3.63, 3.8) is 0 Å². The Balaban J connectivity index is 1.66. The number of hydrogen-bond donors (Lipinski definition) is 1. The second-order valence-corrected chi connectivity index (χ2v) is 6.47. The first-order valence-electron chi connectivity index (χ1n) is 8.76. The largest absolute Gasteiger partial charge is 0.339 e. The second kappa shape index (κ2) is 7.61. The molecule has 0 bridgehead atoms. The van der Waals surface area contributed by atoms with Crippen molar-refractivity contribution in [2.75, 3.05) is 38.0 Å². The molecule has 1 saturated heterocycles. The lowest BCUT2D eigenvalue weighted by molar-refractivity contribution is 0.0636. The summed E-state index contributed by atoms with van der Waals surface area (Å²) in [5.41, 5.74) is 3.72. The molecule has 6 nitrogen and oxygen atoms in total. The molecule has 1 aliphatic heterocycles. The van der Waals surface area contributed by atoms with Crippen LogP contribution in [-0.2, 0) is 0 Å². The molecule has 0 unspecified atom stereocenters. The monoisotopic (exact) mass is 339 g/mol. The number of nitrogens with zero attached hydrogens (tertiary/aromatic N) is 4. The van der Waals surface area contributed by atoms with Crippen LogP contribution in [0.25, 0.3) is 0 Å². The molecule has 6 heteroatoms. The Kier molecular flexibility index (Phi) is 5.28. The number of aryl methyl sites for hydroxylation is 2. The Hall–Kier alpha value is -2.47. The topological polar surface area (TPSA) is 61.4 Å². The van der Waals surface area contributed by atoms with Gasteiger partial charge in [-0.15, -0.1) is 10.2 Å². The lowest BCUT2D eigenvalue weighted by Crippen LogP contribution is -2.48. The minimum atomic E-state index is -0.0402. The maximum Gasteiger partial charge on any atom is 0.274 e. The summed E-state index contributed by atoms with van der Waals surface area (Å²) < 4.78 is 0. The van der Waals surface area contributed by atoms with Crippen LogP contribution in [0.4, 0.5) is 11.5 Å². The van der Waals surface area contributed by atoms with Crippen LogP contribution < -0.4 is 5.32 Å². The van der Waals surface area contributed by atoms with Crippen LogP contribution in [0.15, 0.2) is 30.3 Å². The van der Waals surface area contributed by atoms with Crippen molar-refractivity contribution in [1.82, 2.24) is 20.0 Å². The lowest BCUT2D eigenvalue weighted by Gasteiger charge is -2.33. The second-order valence-electron chi connectivity index (χ2n) is 6.47. The number of likely N-dealkylation sites (N-methyl/N-ethyl adjacent to an activating group) is 1. The van der Waals surface area contributed by atoms with Gasteiger partial charge in [0.2, 0.25) is 0 Å². The van der Waals surface area contributed by atoms with Crippen molar-refractivity contribution in [3.05, 3.63) is 47.2 Å². The maximum atomic E-state index is 12.5. The first-order chi connectivity index (χ1) is 12.1. The molecule has 1 aliphatic rings. The van der Waals surface area contributed by atoms with E-state index in [4.69, 9.17) is 0 Å². The van der Waals surface area contributed by atoms with Crippen molar-refractivity contribution in [2.45, 2.75) is 20.8 Å². The fraction of sp³-hybridized carbons (Fsp3) is 0.421. The van der Waals surface area contributed by atoms with Crippen LogP contribution in [0.5, 0.6) is 0 Å². The third kappa shape index (κ3) is 4.14. The molecule has 1 fully saturated rings. The number of piperazine rings is 1. The number of rotatable bonds is 4. The number of amides is 1. The summed E-state index contributed by atoms with van der Waals surface area (Å²) in [4.78, 5) is 16.7. The maximum absolute atomic E-state index is 12.5. The van der Waals surface area contributed by atoms with E-state index < -0.39 is 0 Å². The van der Waals surface area contributed by atoms with Crippen LogP contribution >= 0.6 is 0 Å². The summed E-state index contributed by atoms with van der Waals surface area (Å²) >= 11 is 0. The summed E-state index contributed by atoms with van der Waals surface area (Å²) in [5, 5.41) is 11.6. The van der Waals surface area contributed by atoms with Crippen LogP contribution in [0.3, 0.4) is 0 Å². The molecule has 0 atom stereocenters. The van der Waals surface area contributed by atoms with Gasteiger partial charge < -0.3 is 15.1 Å². The van der Waals surface area contributed by atoms with Gasteiger partial charge in [-0.2, -0.15) is 0 Å². The van der Waals surface area contributed by atoms with Crippen LogP contribution in [0.2, 0.25) is 0 Å². The van der Waals surface area contributed by atoms with E-state index in [1.807, 2.05) is 17.9 Å². The number of carbonyl (C=O) groups excluding carboxylic acids is 1. The van der Waals surface area contributed by atoms with E-state index in [1.54, 1.807) is 6.07 Å². The fourth-order valence-electron chi connectivity index (χ4n) is 2.95.